The molecule has 1 aromatic rings. The van der Waals surface area contributed by atoms with Crippen LogP contribution in [0.1, 0.15) is 23.7 Å². The molecule has 1 aromatic heterocycles. The molecule has 0 aliphatic carbocycles. The van der Waals surface area contributed by atoms with Crippen molar-refractivity contribution >= 4 is 11.3 Å². The van der Waals surface area contributed by atoms with E-state index in [0.29, 0.717) is 0 Å². The van der Waals surface area contributed by atoms with Crippen molar-refractivity contribution in [3.63, 3.8) is 0 Å². The Morgan fingerprint density at radius 1 is 1.44 bits per heavy atom. The summed E-state index contributed by atoms with van der Waals surface area (Å²) in [5.41, 5.74) is 0. The summed E-state index contributed by atoms with van der Waals surface area (Å²) >= 11 is 1.82. The van der Waals surface area contributed by atoms with Gasteiger partial charge in [-0.3, -0.25) is 0 Å². The largest absolute Gasteiger partial charge is 0.249 e. The summed E-state index contributed by atoms with van der Waals surface area (Å²) in [5, 5.41) is 1.26. The van der Waals surface area contributed by atoms with Gasteiger partial charge in [-0.1, -0.05) is 13.8 Å². The normalized spacial score (nSPS) is 10.0. The highest BCUT2D eigenvalue weighted by Gasteiger charge is 1.94. The minimum atomic E-state index is 1.07. The zero-order chi connectivity index (χ0) is 6.69. The average molecular weight is 141 g/mol. The van der Waals surface area contributed by atoms with Gasteiger partial charge in [-0.2, -0.15) is 0 Å². The smallest absolute Gasteiger partial charge is 0.0924 e. The van der Waals surface area contributed by atoms with Crippen LogP contribution in [0.15, 0.2) is 6.20 Å². The zero-order valence-electron chi connectivity index (χ0n) is 5.85. The first-order chi connectivity index (χ1) is 4.36. The van der Waals surface area contributed by atoms with Crippen LogP contribution in [0.2, 0.25) is 0 Å². The third-order valence-corrected chi connectivity index (χ3v) is 2.54. The minimum Gasteiger partial charge on any atom is -0.249 e. The highest BCUT2D eigenvalue weighted by molar-refractivity contribution is 7.11. The first-order valence-electron chi connectivity index (χ1n) is 3.30. The van der Waals surface area contributed by atoms with E-state index in [1.807, 2.05) is 17.5 Å². The maximum Gasteiger partial charge on any atom is 0.0924 e. The van der Waals surface area contributed by atoms with Gasteiger partial charge in [-0.25, -0.2) is 4.98 Å². The van der Waals surface area contributed by atoms with Gasteiger partial charge in [0.2, 0.25) is 0 Å². The summed E-state index contributed by atoms with van der Waals surface area (Å²) < 4.78 is 0. The molecular formula is C7H11NS. The number of aryl methyl sites for hydroxylation is 2. The summed E-state index contributed by atoms with van der Waals surface area (Å²) in [7, 11) is 0. The molecule has 50 valence electrons. The fraction of sp³-hybridized carbons (Fsp3) is 0.571. The Morgan fingerprint density at radius 2 is 2.22 bits per heavy atom. The standard InChI is InChI=1S/C7H11NS/c1-3-6-5-8-7(4-2)9-6/h5H,3-4H2,1-2H3. The van der Waals surface area contributed by atoms with Gasteiger partial charge in [0.25, 0.3) is 0 Å². The third-order valence-electron chi connectivity index (χ3n) is 1.25. The molecule has 0 bridgehead atoms. The lowest BCUT2D eigenvalue weighted by molar-refractivity contribution is 1.09. The Hall–Kier alpha value is -0.370. The lowest BCUT2D eigenvalue weighted by Crippen LogP contribution is -1.70. The highest BCUT2D eigenvalue weighted by atomic mass is 32.1. The quantitative estimate of drug-likeness (QED) is 0.615. The number of aromatic nitrogens is 1. The van der Waals surface area contributed by atoms with Gasteiger partial charge in [-0.15, -0.1) is 11.3 Å². The van der Waals surface area contributed by atoms with E-state index in [1.165, 1.54) is 9.88 Å². The molecule has 2 heteroatoms. The third kappa shape index (κ3) is 1.52. The molecule has 0 saturated heterocycles. The Balaban J connectivity index is 2.74. The van der Waals surface area contributed by atoms with Gasteiger partial charge in [-0.05, 0) is 12.8 Å². The second kappa shape index (κ2) is 2.97. The van der Waals surface area contributed by atoms with E-state index in [2.05, 4.69) is 18.8 Å². The maximum atomic E-state index is 4.22. The van der Waals surface area contributed by atoms with Crippen molar-refractivity contribution in [2.24, 2.45) is 0 Å². The molecule has 1 heterocycles. The van der Waals surface area contributed by atoms with Crippen LogP contribution in [0.3, 0.4) is 0 Å². The van der Waals surface area contributed by atoms with Crippen LogP contribution in [0.5, 0.6) is 0 Å². The second-order valence-corrected chi connectivity index (χ2v) is 3.13. The molecule has 0 saturated carbocycles. The van der Waals surface area contributed by atoms with E-state index in [-0.39, 0.29) is 0 Å². The van der Waals surface area contributed by atoms with Crippen LogP contribution < -0.4 is 0 Å². The maximum absolute atomic E-state index is 4.22. The molecule has 0 aromatic carbocycles. The number of hydrogen-bond donors (Lipinski definition) is 0. The zero-order valence-corrected chi connectivity index (χ0v) is 6.66. The molecule has 9 heavy (non-hydrogen) atoms. The average Bonchev–Trinajstić information content (AvgIpc) is 2.34. The molecule has 0 aliphatic heterocycles. The van der Waals surface area contributed by atoms with E-state index >= 15 is 0 Å². The van der Waals surface area contributed by atoms with E-state index in [0.717, 1.165) is 12.8 Å². The molecule has 0 unspecified atom stereocenters. The van der Waals surface area contributed by atoms with Crippen LogP contribution in [-0.2, 0) is 12.8 Å². The van der Waals surface area contributed by atoms with Crippen molar-refractivity contribution in [2.75, 3.05) is 0 Å². The topological polar surface area (TPSA) is 12.9 Å². The lowest BCUT2D eigenvalue weighted by atomic mass is 10.4. The van der Waals surface area contributed by atoms with Crippen molar-refractivity contribution in [3.8, 4) is 0 Å². The van der Waals surface area contributed by atoms with Crippen molar-refractivity contribution < 1.29 is 0 Å². The number of rotatable bonds is 2. The van der Waals surface area contributed by atoms with Gasteiger partial charge in [0.05, 0.1) is 5.01 Å². The Kier molecular flexibility index (Phi) is 2.22. The molecule has 0 aliphatic rings. The molecule has 0 spiro atoms. The summed E-state index contributed by atoms with van der Waals surface area (Å²) in [6, 6.07) is 0. The molecule has 1 nitrogen and oxygen atoms in total. The van der Waals surface area contributed by atoms with Crippen LogP contribution in [-0.4, -0.2) is 4.98 Å². The molecule has 0 radical (unpaired) electrons. The fourth-order valence-electron chi connectivity index (χ4n) is 0.675. The van der Waals surface area contributed by atoms with E-state index in [1.54, 1.807) is 0 Å². The van der Waals surface area contributed by atoms with E-state index in [9.17, 15) is 0 Å². The molecular weight excluding hydrogens is 130 g/mol. The van der Waals surface area contributed by atoms with Crippen LogP contribution in [0.25, 0.3) is 0 Å². The summed E-state index contributed by atoms with van der Waals surface area (Å²) in [5.74, 6) is 0. The Labute approximate surface area is 59.8 Å². The summed E-state index contributed by atoms with van der Waals surface area (Å²) in [6.45, 7) is 4.30. The molecule has 0 amide bonds. The fourth-order valence-corrected chi connectivity index (χ4v) is 1.48. The first kappa shape index (κ1) is 6.75. The molecule has 1 rings (SSSR count). The summed E-state index contributed by atoms with van der Waals surface area (Å²) in [6.07, 6.45) is 4.17. The molecule has 0 atom stereocenters. The SMILES string of the molecule is CCc1cnc(CC)s1. The first-order valence-corrected chi connectivity index (χ1v) is 4.12. The van der Waals surface area contributed by atoms with Crippen LogP contribution in [0, 0.1) is 0 Å². The van der Waals surface area contributed by atoms with E-state index in [4.69, 9.17) is 0 Å². The van der Waals surface area contributed by atoms with Crippen molar-refractivity contribution in [3.05, 3.63) is 16.1 Å². The number of nitrogens with zero attached hydrogens (tertiary/aromatic N) is 1. The summed E-state index contributed by atoms with van der Waals surface area (Å²) in [4.78, 5) is 5.62. The van der Waals surface area contributed by atoms with Crippen LogP contribution >= 0.6 is 11.3 Å². The van der Waals surface area contributed by atoms with E-state index < -0.39 is 0 Å². The highest BCUT2D eigenvalue weighted by Crippen LogP contribution is 2.12. The van der Waals surface area contributed by atoms with Crippen LogP contribution in [0.4, 0.5) is 0 Å². The predicted molar refractivity (Wildman–Crippen MR) is 40.9 cm³/mol. The second-order valence-electron chi connectivity index (χ2n) is 1.93. The minimum absolute atomic E-state index is 1.07. The van der Waals surface area contributed by atoms with Gasteiger partial charge in [0.15, 0.2) is 0 Å². The monoisotopic (exact) mass is 141 g/mol. The van der Waals surface area contributed by atoms with Gasteiger partial charge in [0, 0.05) is 11.1 Å². The lowest BCUT2D eigenvalue weighted by Gasteiger charge is -1.81. The molecule has 0 N–H and O–H groups in total. The van der Waals surface area contributed by atoms with Gasteiger partial charge < -0.3 is 0 Å². The Morgan fingerprint density at radius 3 is 2.56 bits per heavy atom. The van der Waals surface area contributed by atoms with Gasteiger partial charge >= 0.3 is 0 Å². The molecule has 0 fully saturated rings. The Bertz CT molecular complexity index is 162. The van der Waals surface area contributed by atoms with Gasteiger partial charge in [0.1, 0.15) is 0 Å². The number of thiazole rings is 1. The van der Waals surface area contributed by atoms with Crippen molar-refractivity contribution in [1.82, 2.24) is 4.98 Å². The van der Waals surface area contributed by atoms with Crippen molar-refractivity contribution in [2.45, 2.75) is 26.7 Å². The van der Waals surface area contributed by atoms with Crippen molar-refractivity contribution in [1.29, 1.82) is 0 Å². The number of hydrogen-bond acceptors (Lipinski definition) is 2. The predicted octanol–water partition coefficient (Wildman–Crippen LogP) is 2.27.